The molecule has 0 amide bonds. The van der Waals surface area contributed by atoms with Crippen LogP contribution in [0, 0.1) is 0 Å². The molecule has 1 radical (unpaired) electrons. The Balaban J connectivity index is 0.00000612. The minimum Gasteiger partial charge on any atom is -0.282 e. The van der Waals surface area contributed by atoms with Crippen molar-refractivity contribution in [2.24, 2.45) is 0 Å². The van der Waals surface area contributed by atoms with E-state index in [2.05, 4.69) is 6.92 Å². The Labute approximate surface area is 237 Å². The van der Waals surface area contributed by atoms with Crippen LogP contribution in [0.1, 0.15) is 128 Å². The van der Waals surface area contributed by atoms with Crippen molar-refractivity contribution in [1.82, 2.24) is 0 Å². The maximum absolute atomic E-state index is 12.0. The Bertz CT molecular complexity index is 911. The van der Waals surface area contributed by atoms with E-state index in [9.17, 15) is 13.0 Å². The molecule has 193 valence electrons. The fraction of sp³-hybridized carbons (Fsp3) is 0.667. The van der Waals surface area contributed by atoms with E-state index in [-0.39, 0.29) is 34.5 Å². The third-order valence-corrected chi connectivity index (χ3v) is 8.02. The molecule has 0 aliphatic carbocycles. The van der Waals surface area contributed by atoms with Gasteiger partial charge in [-0.2, -0.15) is 8.42 Å². The Kier molecular flexibility index (Phi) is 18.4. The summed E-state index contributed by atoms with van der Waals surface area (Å²) in [6.07, 6.45) is 24.8. The number of fused-ring (bicyclic) bond motifs is 1. The van der Waals surface area contributed by atoms with Gasteiger partial charge in [-0.25, -0.2) is 0 Å². The maximum Gasteiger partial charge on any atom is 0.295 e. The van der Waals surface area contributed by atoms with E-state index >= 15 is 0 Å². The van der Waals surface area contributed by atoms with E-state index in [0.29, 0.717) is 11.8 Å². The predicted octanol–water partition coefficient (Wildman–Crippen LogP) is 9.29. The van der Waals surface area contributed by atoms with Crippen molar-refractivity contribution in [1.29, 1.82) is 0 Å². The molecule has 0 heterocycles. The number of benzene rings is 2. The van der Waals surface area contributed by atoms with Gasteiger partial charge >= 0.3 is 0 Å². The van der Waals surface area contributed by atoms with Gasteiger partial charge in [0.1, 0.15) is 4.90 Å². The zero-order valence-corrected chi connectivity index (χ0v) is 25.4. The normalized spacial score (nSPS) is 11.6. The van der Waals surface area contributed by atoms with Crippen molar-refractivity contribution < 1.29 is 13.0 Å². The molecule has 5 heteroatoms. The second-order valence-electron chi connectivity index (χ2n) is 10.0. The minimum absolute atomic E-state index is 0. The summed E-state index contributed by atoms with van der Waals surface area (Å²) in [7, 11) is -4.23. The summed E-state index contributed by atoms with van der Waals surface area (Å²) in [5, 5.41) is 1.46. The summed E-state index contributed by atoms with van der Waals surface area (Å²) in [6.45, 7) is 2.28. The van der Waals surface area contributed by atoms with Gasteiger partial charge in [-0.1, -0.05) is 152 Å². The molecular formula is C30H48NaO3S. The van der Waals surface area contributed by atoms with Crippen molar-refractivity contribution in [3.63, 3.8) is 0 Å². The summed E-state index contributed by atoms with van der Waals surface area (Å²) < 4.78 is 33.8. The van der Waals surface area contributed by atoms with E-state index in [1.54, 1.807) is 6.07 Å². The minimum atomic E-state index is -4.23. The molecule has 35 heavy (non-hydrogen) atoms. The van der Waals surface area contributed by atoms with Crippen LogP contribution < -0.4 is 0 Å². The molecule has 2 aromatic rings. The molecule has 0 saturated heterocycles. The molecule has 3 nitrogen and oxygen atoms in total. The first-order valence-corrected chi connectivity index (χ1v) is 15.5. The fourth-order valence-electron chi connectivity index (χ4n) is 5.01. The molecule has 0 spiro atoms. The molecule has 2 rings (SSSR count). The van der Waals surface area contributed by atoms with Crippen LogP contribution in [0.2, 0.25) is 0 Å². The van der Waals surface area contributed by atoms with Gasteiger partial charge < -0.3 is 0 Å². The summed E-state index contributed by atoms with van der Waals surface area (Å²) in [5.74, 6) is 0. The van der Waals surface area contributed by atoms with Gasteiger partial charge in [-0.05, 0) is 23.8 Å². The van der Waals surface area contributed by atoms with Crippen LogP contribution in [0.15, 0.2) is 41.3 Å². The number of rotatable bonds is 20. The molecule has 0 aromatic heterocycles. The summed E-state index contributed by atoms with van der Waals surface area (Å²) in [5.41, 5.74) is 0.734. The maximum atomic E-state index is 12.0. The van der Waals surface area contributed by atoms with Crippen LogP contribution in [-0.2, 0) is 16.5 Å². The van der Waals surface area contributed by atoms with Crippen molar-refractivity contribution in [2.75, 3.05) is 0 Å². The zero-order chi connectivity index (χ0) is 24.5. The van der Waals surface area contributed by atoms with Crippen LogP contribution in [0.4, 0.5) is 0 Å². The summed E-state index contributed by atoms with van der Waals surface area (Å²) >= 11 is 0. The smallest absolute Gasteiger partial charge is 0.282 e. The Morgan fingerprint density at radius 3 is 1.49 bits per heavy atom. The van der Waals surface area contributed by atoms with Gasteiger partial charge in [0.05, 0.1) is 0 Å². The van der Waals surface area contributed by atoms with Crippen molar-refractivity contribution in [3.8, 4) is 0 Å². The topological polar surface area (TPSA) is 54.4 Å². The molecular weight excluding hydrogens is 463 g/mol. The van der Waals surface area contributed by atoms with Gasteiger partial charge in [0, 0.05) is 34.9 Å². The molecule has 0 unspecified atom stereocenters. The van der Waals surface area contributed by atoms with Crippen LogP contribution in [0.5, 0.6) is 0 Å². The molecule has 0 aliphatic rings. The number of aryl methyl sites for hydroxylation is 1. The molecule has 0 atom stereocenters. The quantitative estimate of drug-likeness (QED) is 0.109. The van der Waals surface area contributed by atoms with E-state index in [1.165, 1.54) is 103 Å². The third kappa shape index (κ3) is 13.6. The van der Waals surface area contributed by atoms with Crippen LogP contribution in [0.25, 0.3) is 10.8 Å². The van der Waals surface area contributed by atoms with E-state index in [0.717, 1.165) is 23.8 Å². The van der Waals surface area contributed by atoms with Crippen molar-refractivity contribution in [3.05, 3.63) is 42.0 Å². The van der Waals surface area contributed by atoms with Crippen molar-refractivity contribution in [2.45, 2.75) is 134 Å². The average molecular weight is 512 g/mol. The number of hydrogen-bond donors (Lipinski definition) is 1. The van der Waals surface area contributed by atoms with E-state index < -0.39 is 10.1 Å². The zero-order valence-electron chi connectivity index (χ0n) is 22.6. The molecule has 0 saturated carbocycles. The fourth-order valence-corrected chi connectivity index (χ4v) is 5.97. The second kappa shape index (κ2) is 19.7. The van der Waals surface area contributed by atoms with Gasteiger partial charge in [0.25, 0.3) is 10.1 Å². The first-order chi connectivity index (χ1) is 16.5. The van der Waals surface area contributed by atoms with E-state index in [4.69, 9.17) is 0 Å². The van der Waals surface area contributed by atoms with Crippen LogP contribution in [-0.4, -0.2) is 42.5 Å². The van der Waals surface area contributed by atoms with Gasteiger partial charge in [0.15, 0.2) is 0 Å². The van der Waals surface area contributed by atoms with Gasteiger partial charge in [-0.15, -0.1) is 0 Å². The van der Waals surface area contributed by atoms with Crippen LogP contribution in [0.3, 0.4) is 0 Å². The van der Waals surface area contributed by atoms with Gasteiger partial charge in [0.2, 0.25) is 0 Å². The first kappa shape index (κ1) is 32.6. The molecule has 0 bridgehead atoms. The molecule has 0 fully saturated rings. The Hall–Kier alpha value is -0.390. The second-order valence-corrected chi connectivity index (χ2v) is 11.4. The average Bonchev–Trinajstić information content (AvgIpc) is 2.82. The van der Waals surface area contributed by atoms with Gasteiger partial charge in [-0.3, -0.25) is 4.55 Å². The Morgan fingerprint density at radius 2 is 1.03 bits per heavy atom. The third-order valence-electron chi connectivity index (χ3n) is 7.02. The first-order valence-electron chi connectivity index (χ1n) is 14.0. The predicted molar refractivity (Wildman–Crippen MR) is 152 cm³/mol. The summed E-state index contributed by atoms with van der Waals surface area (Å²) in [6, 6.07) is 11.2. The van der Waals surface area contributed by atoms with Crippen LogP contribution >= 0.6 is 0 Å². The standard InChI is InChI=1S/C30H48O3S.Na/c1-2-3-4-5-6-7-8-9-10-11-12-13-14-15-16-17-18-19-23-28-26-25-27-22-20-21-24-29(27)30(28)34(31,32)33;/h20-22,24-26H,2-19,23H2,1H3,(H,31,32,33);. The largest absolute Gasteiger partial charge is 0.295 e. The molecule has 1 N–H and O–H groups in total. The summed E-state index contributed by atoms with van der Waals surface area (Å²) in [4.78, 5) is 0.0950. The number of hydrogen-bond acceptors (Lipinski definition) is 2. The molecule has 0 aliphatic heterocycles. The number of unbranched alkanes of at least 4 members (excludes halogenated alkanes) is 17. The van der Waals surface area contributed by atoms with Crippen molar-refractivity contribution >= 4 is 50.4 Å². The monoisotopic (exact) mass is 511 g/mol. The van der Waals surface area contributed by atoms with E-state index in [1.807, 2.05) is 30.3 Å². The Morgan fingerprint density at radius 1 is 0.600 bits per heavy atom. The molecule has 2 aromatic carbocycles. The SMILES string of the molecule is CCCCCCCCCCCCCCCCCCCCc1ccc2ccccc2c1S(=O)(=O)O.[Na].